The lowest BCUT2D eigenvalue weighted by Gasteiger charge is -2.25. The number of aryl methyl sites for hydroxylation is 1. The Bertz CT molecular complexity index is 415. The molecule has 0 aromatic heterocycles. The highest BCUT2D eigenvalue weighted by molar-refractivity contribution is 5.88. The number of carboxylic acids is 1. The fourth-order valence-electron chi connectivity index (χ4n) is 2.03. The molecular formula is C15H23NO2. The zero-order chi connectivity index (χ0) is 13.7. The minimum absolute atomic E-state index is 0.245. The van der Waals surface area contributed by atoms with Crippen LogP contribution in [0, 0.1) is 6.92 Å². The zero-order valence-corrected chi connectivity index (χ0v) is 11.7. The molecule has 0 radical (unpaired) electrons. The molecule has 0 saturated carbocycles. The van der Waals surface area contributed by atoms with Crippen molar-refractivity contribution in [3.05, 3.63) is 34.9 Å². The summed E-state index contributed by atoms with van der Waals surface area (Å²) in [5.41, 5.74) is 2.45. The summed E-state index contributed by atoms with van der Waals surface area (Å²) in [5, 5.41) is 9.08. The first-order valence-corrected chi connectivity index (χ1v) is 6.50. The maximum atomic E-state index is 11.1. The first-order chi connectivity index (χ1) is 8.45. The second kappa shape index (κ2) is 6.55. The van der Waals surface area contributed by atoms with Crippen molar-refractivity contribution < 1.29 is 9.90 Å². The van der Waals surface area contributed by atoms with Crippen molar-refractivity contribution in [3.8, 4) is 0 Å². The van der Waals surface area contributed by atoms with Crippen LogP contribution in [-0.4, -0.2) is 29.6 Å². The summed E-state index contributed by atoms with van der Waals surface area (Å²) in [6.45, 7) is 7.27. The van der Waals surface area contributed by atoms with Gasteiger partial charge in [0.25, 0.3) is 0 Å². The Morgan fingerprint density at radius 1 is 1.39 bits per heavy atom. The van der Waals surface area contributed by atoms with Crippen LogP contribution in [0.2, 0.25) is 0 Å². The van der Waals surface area contributed by atoms with Crippen molar-refractivity contribution in [1.82, 2.24) is 4.90 Å². The zero-order valence-electron chi connectivity index (χ0n) is 11.7. The second-order valence-electron chi connectivity index (χ2n) is 4.95. The molecule has 1 aromatic rings. The largest absolute Gasteiger partial charge is 0.478 e. The minimum atomic E-state index is -0.858. The third-order valence-corrected chi connectivity index (χ3v) is 3.35. The molecule has 3 nitrogen and oxygen atoms in total. The molecule has 1 aromatic carbocycles. The Morgan fingerprint density at radius 2 is 2.06 bits per heavy atom. The highest BCUT2D eigenvalue weighted by Crippen LogP contribution is 2.22. The minimum Gasteiger partial charge on any atom is -0.478 e. The van der Waals surface area contributed by atoms with Gasteiger partial charge in [-0.15, -0.1) is 0 Å². The normalized spacial score (nSPS) is 12.7. The van der Waals surface area contributed by atoms with E-state index in [9.17, 15) is 4.79 Å². The van der Waals surface area contributed by atoms with Gasteiger partial charge in [0.05, 0.1) is 5.56 Å². The van der Waals surface area contributed by atoms with Crippen molar-refractivity contribution in [1.29, 1.82) is 0 Å². The first kappa shape index (κ1) is 14.7. The summed E-state index contributed by atoms with van der Waals surface area (Å²) in [7, 11) is 2.09. The van der Waals surface area contributed by atoms with E-state index in [2.05, 4.69) is 31.9 Å². The molecule has 1 unspecified atom stereocenters. The van der Waals surface area contributed by atoms with E-state index in [0.717, 1.165) is 17.7 Å². The molecule has 0 aliphatic carbocycles. The summed E-state index contributed by atoms with van der Waals surface area (Å²) in [6, 6.07) is 5.81. The van der Waals surface area contributed by atoms with E-state index in [4.69, 9.17) is 5.11 Å². The highest BCUT2D eigenvalue weighted by atomic mass is 16.4. The van der Waals surface area contributed by atoms with Crippen molar-refractivity contribution in [2.24, 2.45) is 0 Å². The number of carboxylic acid groups (broad SMARTS) is 1. The Balaban J connectivity index is 2.91. The quantitative estimate of drug-likeness (QED) is 0.839. The number of nitrogens with zero attached hydrogens (tertiary/aromatic N) is 1. The molecule has 0 bridgehead atoms. The predicted octanol–water partition coefficient (Wildman–Crippen LogP) is 3.49. The molecule has 0 amide bonds. The van der Waals surface area contributed by atoms with Gasteiger partial charge >= 0.3 is 5.97 Å². The van der Waals surface area contributed by atoms with E-state index >= 15 is 0 Å². The van der Waals surface area contributed by atoms with Crippen molar-refractivity contribution in [2.45, 2.75) is 39.7 Å². The molecule has 100 valence electrons. The molecule has 0 saturated heterocycles. The van der Waals surface area contributed by atoms with Gasteiger partial charge in [0.1, 0.15) is 0 Å². The van der Waals surface area contributed by atoms with Gasteiger partial charge in [-0.05, 0) is 57.1 Å². The van der Waals surface area contributed by atoms with Crippen LogP contribution in [0.5, 0.6) is 0 Å². The summed E-state index contributed by atoms with van der Waals surface area (Å²) in [4.78, 5) is 13.3. The molecule has 0 heterocycles. The Labute approximate surface area is 109 Å². The number of hydrogen-bond acceptors (Lipinski definition) is 2. The van der Waals surface area contributed by atoms with E-state index in [1.807, 2.05) is 6.92 Å². The van der Waals surface area contributed by atoms with Crippen LogP contribution in [0.15, 0.2) is 18.2 Å². The lowest BCUT2D eigenvalue weighted by molar-refractivity contribution is 0.0696. The fourth-order valence-corrected chi connectivity index (χ4v) is 2.03. The topological polar surface area (TPSA) is 40.5 Å². The molecule has 0 spiro atoms. The van der Waals surface area contributed by atoms with Crippen LogP contribution in [0.25, 0.3) is 0 Å². The van der Waals surface area contributed by atoms with Crippen LogP contribution in [-0.2, 0) is 0 Å². The van der Waals surface area contributed by atoms with Gasteiger partial charge in [-0.3, -0.25) is 4.90 Å². The third-order valence-electron chi connectivity index (χ3n) is 3.35. The maximum absolute atomic E-state index is 11.1. The van der Waals surface area contributed by atoms with Gasteiger partial charge in [0.15, 0.2) is 0 Å². The van der Waals surface area contributed by atoms with E-state index in [1.54, 1.807) is 12.1 Å². The maximum Gasteiger partial charge on any atom is 0.335 e. The van der Waals surface area contributed by atoms with E-state index < -0.39 is 5.97 Å². The summed E-state index contributed by atoms with van der Waals surface area (Å²) < 4.78 is 0. The lowest BCUT2D eigenvalue weighted by atomic mass is 10.0. The average molecular weight is 249 g/mol. The monoisotopic (exact) mass is 249 g/mol. The third kappa shape index (κ3) is 3.84. The van der Waals surface area contributed by atoms with Gasteiger partial charge in [-0.1, -0.05) is 19.4 Å². The number of unbranched alkanes of at least 4 members (excludes halogenated alkanes) is 1. The molecular weight excluding hydrogens is 226 g/mol. The average Bonchev–Trinajstić information content (AvgIpc) is 2.34. The summed E-state index contributed by atoms with van der Waals surface area (Å²) in [6.07, 6.45) is 2.34. The number of aromatic carboxylic acids is 1. The molecule has 3 heteroatoms. The molecule has 1 rings (SSSR count). The van der Waals surface area contributed by atoms with Gasteiger partial charge < -0.3 is 5.11 Å². The number of hydrogen-bond donors (Lipinski definition) is 1. The molecule has 1 N–H and O–H groups in total. The van der Waals surface area contributed by atoms with Gasteiger partial charge in [0.2, 0.25) is 0 Å². The Kier molecular flexibility index (Phi) is 5.35. The van der Waals surface area contributed by atoms with Gasteiger partial charge in [-0.2, -0.15) is 0 Å². The van der Waals surface area contributed by atoms with Crippen LogP contribution in [0.4, 0.5) is 0 Å². The van der Waals surface area contributed by atoms with Crippen LogP contribution in [0.1, 0.15) is 54.2 Å². The smallest absolute Gasteiger partial charge is 0.335 e. The Hall–Kier alpha value is -1.35. The van der Waals surface area contributed by atoms with E-state index in [0.29, 0.717) is 5.56 Å². The van der Waals surface area contributed by atoms with Crippen molar-refractivity contribution >= 4 is 5.97 Å². The fraction of sp³-hybridized carbons (Fsp3) is 0.533. The van der Waals surface area contributed by atoms with Crippen molar-refractivity contribution in [3.63, 3.8) is 0 Å². The predicted molar refractivity (Wildman–Crippen MR) is 74.1 cm³/mol. The Morgan fingerprint density at radius 3 is 2.61 bits per heavy atom. The van der Waals surface area contributed by atoms with Crippen LogP contribution < -0.4 is 0 Å². The SMILES string of the molecule is CCCCN(C)C(C)c1cc(C)cc(C(=O)O)c1. The van der Waals surface area contributed by atoms with Gasteiger partial charge in [0, 0.05) is 6.04 Å². The molecule has 1 atom stereocenters. The van der Waals surface area contributed by atoms with E-state index in [1.165, 1.54) is 12.8 Å². The molecule has 18 heavy (non-hydrogen) atoms. The molecule has 0 aliphatic heterocycles. The summed E-state index contributed by atoms with van der Waals surface area (Å²) in [5.74, 6) is -0.858. The lowest BCUT2D eigenvalue weighted by Crippen LogP contribution is -2.23. The van der Waals surface area contributed by atoms with Crippen LogP contribution >= 0.6 is 0 Å². The standard InChI is InChI=1S/C15H23NO2/c1-5-6-7-16(4)12(3)13-8-11(2)9-14(10-13)15(17)18/h8-10,12H,5-7H2,1-4H3,(H,17,18). The first-order valence-electron chi connectivity index (χ1n) is 6.50. The second-order valence-corrected chi connectivity index (χ2v) is 4.95. The molecule has 0 fully saturated rings. The van der Waals surface area contributed by atoms with E-state index in [-0.39, 0.29) is 6.04 Å². The number of benzene rings is 1. The van der Waals surface area contributed by atoms with Gasteiger partial charge in [-0.25, -0.2) is 4.79 Å². The highest BCUT2D eigenvalue weighted by Gasteiger charge is 2.14. The van der Waals surface area contributed by atoms with Crippen molar-refractivity contribution in [2.75, 3.05) is 13.6 Å². The van der Waals surface area contributed by atoms with Crippen LogP contribution in [0.3, 0.4) is 0 Å². The summed E-state index contributed by atoms with van der Waals surface area (Å²) >= 11 is 0. The molecule has 0 aliphatic rings. The number of rotatable bonds is 6. The number of carbonyl (C=O) groups is 1.